The predicted molar refractivity (Wildman–Crippen MR) is 115 cm³/mol. The summed E-state index contributed by atoms with van der Waals surface area (Å²) < 4.78 is 0. The molecule has 0 radical (unpaired) electrons. The molecule has 0 bridgehead atoms. The zero-order valence-corrected chi connectivity index (χ0v) is 18.3. The number of amides is 1. The van der Waals surface area contributed by atoms with E-state index in [1.807, 2.05) is 19.9 Å². The van der Waals surface area contributed by atoms with Crippen LogP contribution in [0.2, 0.25) is 0 Å². The third-order valence-electron chi connectivity index (χ3n) is 5.16. The summed E-state index contributed by atoms with van der Waals surface area (Å²) >= 11 is 1.70. The maximum Gasteiger partial charge on any atom is 0.276 e. The minimum absolute atomic E-state index is 0.0445. The summed E-state index contributed by atoms with van der Waals surface area (Å²) in [4.78, 5) is 13.7. The van der Waals surface area contributed by atoms with Gasteiger partial charge < -0.3 is 10.6 Å². The number of hydrogen-bond donors (Lipinski definition) is 2. The molecule has 2 atom stereocenters. The molecule has 0 aliphatic heterocycles. The first-order chi connectivity index (χ1) is 13.2. The van der Waals surface area contributed by atoms with Crippen LogP contribution in [0.4, 0.5) is 0 Å². The van der Waals surface area contributed by atoms with Gasteiger partial charge in [0.1, 0.15) is 11.6 Å². The largest absolute Gasteiger partial charge is 0.333 e. The van der Waals surface area contributed by atoms with Crippen LogP contribution in [-0.2, 0) is 11.2 Å². The molecule has 2 aromatic rings. The van der Waals surface area contributed by atoms with Crippen molar-refractivity contribution in [2.45, 2.75) is 52.6 Å². The highest BCUT2D eigenvalue weighted by Gasteiger charge is 2.31. The Hall–Kier alpha value is -2.16. The monoisotopic (exact) mass is 398 g/mol. The smallest absolute Gasteiger partial charge is 0.276 e. The van der Waals surface area contributed by atoms with Gasteiger partial charge in [-0.15, -0.1) is 11.3 Å². The van der Waals surface area contributed by atoms with Crippen molar-refractivity contribution in [1.29, 1.82) is 5.26 Å². The number of hydrogen-bond acceptors (Lipinski definition) is 3. The zero-order valence-electron chi connectivity index (χ0n) is 17.5. The number of nitrogens with zero attached hydrogens (tertiary/aromatic N) is 1. The molecule has 4 nitrogen and oxygen atoms in total. The minimum atomic E-state index is -0.845. The van der Waals surface area contributed by atoms with Crippen molar-refractivity contribution in [3.05, 3.63) is 57.8 Å². The number of thiophene rings is 1. The third kappa shape index (κ3) is 5.92. The maximum absolute atomic E-state index is 12.5. The Kier molecular flexibility index (Phi) is 7.79. The van der Waals surface area contributed by atoms with Gasteiger partial charge in [0.15, 0.2) is 6.54 Å². The molecule has 0 spiro atoms. The third-order valence-corrected chi connectivity index (χ3v) is 6.11. The number of nitriles is 1. The average molecular weight is 399 g/mol. The second-order valence-corrected chi connectivity index (χ2v) is 9.27. The number of nitrogens with two attached hydrogens (primary N) is 1. The summed E-state index contributed by atoms with van der Waals surface area (Å²) in [5.41, 5.74) is 1.68. The number of benzene rings is 1. The van der Waals surface area contributed by atoms with Crippen LogP contribution in [0.3, 0.4) is 0 Å². The van der Waals surface area contributed by atoms with Gasteiger partial charge in [0.05, 0.1) is 10.9 Å². The topological polar surface area (TPSA) is 69.5 Å². The minimum Gasteiger partial charge on any atom is -0.333 e. The van der Waals surface area contributed by atoms with E-state index in [1.54, 1.807) is 18.3 Å². The number of nitrogens with one attached hydrogen (secondary N) is 1. The van der Waals surface area contributed by atoms with E-state index < -0.39 is 5.54 Å². The van der Waals surface area contributed by atoms with Gasteiger partial charge in [-0.25, -0.2) is 0 Å². The molecule has 0 fully saturated rings. The van der Waals surface area contributed by atoms with E-state index in [9.17, 15) is 10.1 Å². The highest BCUT2D eigenvalue weighted by atomic mass is 32.1. The fraction of sp³-hybridized carbons (Fsp3) is 0.478. The lowest BCUT2D eigenvalue weighted by atomic mass is 9.90. The number of carbonyl (C=O) groups is 1. The SMILES string of the molecule is CC(C)Cc1ccc([C@@H]([NH2+]CC(=O)N[C@@](C)(C#N)C(C)C)c2cccs2)cc1. The summed E-state index contributed by atoms with van der Waals surface area (Å²) in [5.74, 6) is 0.559. The maximum atomic E-state index is 12.5. The normalized spacial score (nSPS) is 14.5. The van der Waals surface area contributed by atoms with Crippen LogP contribution in [0.25, 0.3) is 0 Å². The van der Waals surface area contributed by atoms with Crippen LogP contribution in [0.5, 0.6) is 0 Å². The lowest BCUT2D eigenvalue weighted by Gasteiger charge is -2.27. The molecule has 28 heavy (non-hydrogen) atoms. The molecule has 0 unspecified atom stereocenters. The Labute approximate surface area is 173 Å². The molecule has 0 aliphatic rings. The first-order valence-electron chi connectivity index (χ1n) is 9.93. The molecule has 1 heterocycles. The van der Waals surface area contributed by atoms with Crippen LogP contribution >= 0.6 is 11.3 Å². The molecule has 2 rings (SSSR count). The van der Waals surface area contributed by atoms with E-state index in [0.717, 1.165) is 6.42 Å². The van der Waals surface area contributed by atoms with Crippen LogP contribution in [0, 0.1) is 23.2 Å². The van der Waals surface area contributed by atoms with Crippen molar-refractivity contribution in [2.75, 3.05) is 6.54 Å². The zero-order chi connectivity index (χ0) is 20.7. The lowest BCUT2D eigenvalue weighted by Crippen LogP contribution is -2.88. The molecule has 0 aliphatic carbocycles. The van der Waals surface area contributed by atoms with E-state index in [4.69, 9.17) is 0 Å². The average Bonchev–Trinajstić information content (AvgIpc) is 3.17. The van der Waals surface area contributed by atoms with Gasteiger partial charge in [-0.2, -0.15) is 5.26 Å². The Morgan fingerprint density at radius 1 is 1.21 bits per heavy atom. The van der Waals surface area contributed by atoms with E-state index in [-0.39, 0.29) is 24.4 Å². The molecule has 150 valence electrons. The van der Waals surface area contributed by atoms with Crippen LogP contribution in [0.1, 0.15) is 56.7 Å². The van der Waals surface area contributed by atoms with Crippen LogP contribution in [-0.4, -0.2) is 18.0 Å². The fourth-order valence-electron chi connectivity index (χ4n) is 3.08. The fourth-order valence-corrected chi connectivity index (χ4v) is 3.93. The van der Waals surface area contributed by atoms with E-state index in [2.05, 4.69) is 66.3 Å². The standard InChI is InChI=1S/C23H31N3OS/c1-16(2)13-18-8-10-19(11-9-18)22(20-7-6-12-28-20)25-14-21(27)26-23(5,15-24)17(3)4/h6-12,16-17,22,25H,13-14H2,1-5H3,(H,26,27)/p+1/t22-,23+/m1/s1. The predicted octanol–water partition coefficient (Wildman–Crippen LogP) is 3.65. The molecule has 0 saturated carbocycles. The second kappa shape index (κ2) is 9.86. The summed E-state index contributed by atoms with van der Waals surface area (Å²) in [5, 5.41) is 16.4. The van der Waals surface area contributed by atoms with Crippen molar-refractivity contribution >= 4 is 17.2 Å². The molecular weight excluding hydrogens is 366 g/mol. The van der Waals surface area contributed by atoms with Gasteiger partial charge in [0.2, 0.25) is 0 Å². The lowest BCUT2D eigenvalue weighted by molar-refractivity contribution is -0.676. The number of carbonyl (C=O) groups excluding carboxylic acids is 1. The Bertz CT molecular complexity index is 790. The van der Waals surface area contributed by atoms with Gasteiger partial charge in [-0.3, -0.25) is 4.79 Å². The van der Waals surface area contributed by atoms with Crippen molar-refractivity contribution < 1.29 is 10.1 Å². The first kappa shape index (κ1) is 22.1. The second-order valence-electron chi connectivity index (χ2n) is 8.29. The van der Waals surface area contributed by atoms with Gasteiger partial charge in [0.25, 0.3) is 5.91 Å². The molecule has 0 saturated heterocycles. The van der Waals surface area contributed by atoms with Crippen LogP contribution < -0.4 is 10.6 Å². The van der Waals surface area contributed by atoms with Gasteiger partial charge >= 0.3 is 0 Å². The van der Waals surface area contributed by atoms with Crippen molar-refractivity contribution in [3.8, 4) is 6.07 Å². The number of rotatable bonds is 9. The molecule has 5 heteroatoms. The van der Waals surface area contributed by atoms with Crippen molar-refractivity contribution in [1.82, 2.24) is 5.32 Å². The summed E-state index contributed by atoms with van der Waals surface area (Å²) in [6.45, 7) is 10.4. The van der Waals surface area contributed by atoms with E-state index in [0.29, 0.717) is 5.92 Å². The van der Waals surface area contributed by atoms with Crippen LogP contribution in [0.15, 0.2) is 41.8 Å². The highest BCUT2D eigenvalue weighted by Crippen LogP contribution is 2.23. The molecular formula is C23H32N3OS+. The molecule has 3 N–H and O–H groups in total. The van der Waals surface area contributed by atoms with Crippen molar-refractivity contribution in [3.63, 3.8) is 0 Å². The van der Waals surface area contributed by atoms with Crippen molar-refractivity contribution in [2.24, 2.45) is 11.8 Å². The Morgan fingerprint density at radius 3 is 2.39 bits per heavy atom. The molecule has 1 aromatic heterocycles. The quantitative estimate of drug-likeness (QED) is 0.677. The summed E-state index contributed by atoms with van der Waals surface area (Å²) in [6, 6.07) is 15.2. The van der Waals surface area contributed by atoms with E-state index in [1.165, 1.54) is 16.0 Å². The van der Waals surface area contributed by atoms with E-state index >= 15 is 0 Å². The highest BCUT2D eigenvalue weighted by molar-refractivity contribution is 7.10. The van der Waals surface area contributed by atoms with Gasteiger partial charge in [-0.05, 0) is 42.2 Å². The Morgan fingerprint density at radius 2 is 1.89 bits per heavy atom. The molecule has 1 amide bonds. The van der Waals surface area contributed by atoms with Gasteiger partial charge in [0, 0.05) is 5.56 Å². The summed E-state index contributed by atoms with van der Waals surface area (Å²) in [7, 11) is 0. The Balaban J connectivity index is 2.11. The van der Waals surface area contributed by atoms with Gasteiger partial charge in [-0.1, -0.05) is 58.0 Å². The molecule has 1 aromatic carbocycles. The number of quaternary nitrogens is 1. The summed E-state index contributed by atoms with van der Waals surface area (Å²) in [6.07, 6.45) is 1.07. The first-order valence-corrected chi connectivity index (χ1v) is 10.8.